The van der Waals surface area contributed by atoms with Gasteiger partial charge in [-0.05, 0) is 74.4 Å². The second kappa shape index (κ2) is 14.1. The molecular formula is C34H34N2O7S. The van der Waals surface area contributed by atoms with Crippen LogP contribution in [-0.4, -0.2) is 44.1 Å². The number of hydrogen-bond donors (Lipinski definition) is 0. The first-order valence-corrected chi connectivity index (χ1v) is 15.2. The van der Waals surface area contributed by atoms with Gasteiger partial charge in [0.15, 0.2) is 16.3 Å². The minimum Gasteiger partial charge on any atom is -0.497 e. The zero-order valence-corrected chi connectivity index (χ0v) is 25.9. The van der Waals surface area contributed by atoms with E-state index in [0.29, 0.717) is 57.7 Å². The van der Waals surface area contributed by atoms with Gasteiger partial charge in [0, 0.05) is 0 Å². The summed E-state index contributed by atoms with van der Waals surface area (Å²) in [5.41, 5.74) is 2.07. The van der Waals surface area contributed by atoms with Gasteiger partial charge in [0.2, 0.25) is 0 Å². The molecule has 0 N–H and O–H groups in total. The second-order valence-electron chi connectivity index (χ2n) is 9.72. The average molecular weight is 615 g/mol. The lowest BCUT2D eigenvalue weighted by molar-refractivity contribution is -0.139. The number of benzene rings is 3. The normalized spacial score (nSPS) is 14.5. The Balaban J connectivity index is 1.47. The highest BCUT2D eigenvalue weighted by molar-refractivity contribution is 7.07. The van der Waals surface area contributed by atoms with Crippen molar-refractivity contribution in [3.05, 3.63) is 115 Å². The molecule has 0 fully saturated rings. The van der Waals surface area contributed by atoms with Crippen molar-refractivity contribution in [2.45, 2.75) is 26.8 Å². The Morgan fingerprint density at radius 2 is 1.66 bits per heavy atom. The molecule has 0 radical (unpaired) electrons. The molecule has 1 aliphatic rings. The molecule has 4 aromatic rings. The van der Waals surface area contributed by atoms with E-state index >= 15 is 0 Å². The van der Waals surface area contributed by atoms with Gasteiger partial charge in [-0.15, -0.1) is 0 Å². The van der Waals surface area contributed by atoms with Gasteiger partial charge in [0.1, 0.15) is 24.7 Å². The SMILES string of the molecule is CCOC(=O)C1=C(C)N=c2sc(=Cc3ccc(OCCOc4ccccc4)c(OCC)c3)c(=O)n2C1c1ccc(OC)cc1. The van der Waals surface area contributed by atoms with Crippen LogP contribution in [0.2, 0.25) is 0 Å². The number of rotatable bonds is 12. The zero-order valence-electron chi connectivity index (χ0n) is 25.1. The number of hydrogen-bond acceptors (Lipinski definition) is 9. The molecule has 1 unspecified atom stereocenters. The van der Waals surface area contributed by atoms with Gasteiger partial charge < -0.3 is 23.7 Å². The largest absolute Gasteiger partial charge is 0.497 e. The maximum Gasteiger partial charge on any atom is 0.338 e. The number of allylic oxidation sites excluding steroid dienone is 1. The van der Waals surface area contributed by atoms with Crippen molar-refractivity contribution in [1.29, 1.82) is 0 Å². The molecule has 0 spiro atoms. The standard InChI is InChI=1S/C34H34N2O7S/c1-5-40-28-20-23(12-17-27(28)43-19-18-42-26-10-8-7-9-11-26)21-29-32(37)36-31(24-13-15-25(39-4)16-14-24)30(33(38)41-6-2)22(3)35-34(36)44-29/h7-17,20-21,31H,5-6,18-19H2,1-4H3. The Bertz CT molecular complexity index is 1830. The molecule has 9 nitrogen and oxygen atoms in total. The van der Waals surface area contributed by atoms with E-state index in [4.69, 9.17) is 23.7 Å². The third kappa shape index (κ3) is 6.70. The van der Waals surface area contributed by atoms with E-state index in [2.05, 4.69) is 4.99 Å². The van der Waals surface area contributed by atoms with Crippen molar-refractivity contribution in [3.63, 3.8) is 0 Å². The summed E-state index contributed by atoms with van der Waals surface area (Å²) in [6.07, 6.45) is 1.79. The first kappa shape index (κ1) is 30.6. The van der Waals surface area contributed by atoms with E-state index in [1.165, 1.54) is 11.3 Å². The molecule has 0 saturated carbocycles. The molecule has 2 heterocycles. The predicted octanol–water partition coefficient (Wildman–Crippen LogP) is 4.66. The lowest BCUT2D eigenvalue weighted by atomic mass is 9.96. The summed E-state index contributed by atoms with van der Waals surface area (Å²) >= 11 is 1.26. The van der Waals surface area contributed by atoms with Crippen LogP contribution in [0.1, 0.15) is 37.9 Å². The monoisotopic (exact) mass is 614 g/mol. The van der Waals surface area contributed by atoms with E-state index in [9.17, 15) is 9.59 Å². The fourth-order valence-corrected chi connectivity index (χ4v) is 5.92. The van der Waals surface area contributed by atoms with Crippen molar-refractivity contribution in [3.8, 4) is 23.0 Å². The van der Waals surface area contributed by atoms with Crippen LogP contribution >= 0.6 is 11.3 Å². The zero-order chi connectivity index (χ0) is 31.1. The Hall–Kier alpha value is -4.83. The molecule has 1 aliphatic heterocycles. The smallest absolute Gasteiger partial charge is 0.338 e. The third-order valence-corrected chi connectivity index (χ3v) is 7.85. The van der Waals surface area contributed by atoms with Crippen molar-refractivity contribution in [2.24, 2.45) is 4.99 Å². The molecule has 44 heavy (non-hydrogen) atoms. The molecule has 1 aromatic heterocycles. The van der Waals surface area contributed by atoms with E-state index in [1.807, 2.05) is 67.6 Å². The summed E-state index contributed by atoms with van der Waals surface area (Å²) in [6.45, 7) is 6.77. The summed E-state index contributed by atoms with van der Waals surface area (Å²) < 4.78 is 30.3. The summed E-state index contributed by atoms with van der Waals surface area (Å²) in [5.74, 6) is 2.08. The average Bonchev–Trinajstić information content (AvgIpc) is 3.34. The summed E-state index contributed by atoms with van der Waals surface area (Å²) in [7, 11) is 1.59. The van der Waals surface area contributed by atoms with Crippen molar-refractivity contribution in [2.75, 3.05) is 33.5 Å². The first-order chi connectivity index (χ1) is 21.4. The lowest BCUT2D eigenvalue weighted by Gasteiger charge is -2.24. The highest BCUT2D eigenvalue weighted by atomic mass is 32.1. The highest BCUT2D eigenvalue weighted by Crippen LogP contribution is 2.32. The first-order valence-electron chi connectivity index (χ1n) is 14.3. The fourth-order valence-electron chi connectivity index (χ4n) is 4.87. The molecule has 10 heteroatoms. The maximum atomic E-state index is 13.9. The van der Waals surface area contributed by atoms with Gasteiger partial charge in [0.05, 0.1) is 42.2 Å². The Labute approximate surface area is 259 Å². The van der Waals surface area contributed by atoms with Crippen LogP contribution in [0.3, 0.4) is 0 Å². The van der Waals surface area contributed by atoms with Gasteiger partial charge >= 0.3 is 5.97 Å². The van der Waals surface area contributed by atoms with Gasteiger partial charge in [-0.2, -0.15) is 0 Å². The van der Waals surface area contributed by atoms with Gasteiger partial charge in [-0.25, -0.2) is 9.79 Å². The molecule has 0 saturated heterocycles. The van der Waals surface area contributed by atoms with E-state index in [-0.39, 0.29) is 12.2 Å². The molecule has 0 amide bonds. The van der Waals surface area contributed by atoms with Crippen molar-refractivity contribution in [1.82, 2.24) is 4.57 Å². The number of thiazole rings is 1. The van der Waals surface area contributed by atoms with E-state index in [0.717, 1.165) is 16.9 Å². The van der Waals surface area contributed by atoms with E-state index < -0.39 is 12.0 Å². The highest BCUT2D eigenvalue weighted by Gasteiger charge is 2.33. The molecular weight excluding hydrogens is 580 g/mol. The van der Waals surface area contributed by atoms with Crippen molar-refractivity contribution >= 4 is 23.4 Å². The number of ether oxygens (including phenoxy) is 5. The Morgan fingerprint density at radius 1 is 0.909 bits per heavy atom. The van der Waals surface area contributed by atoms with E-state index in [1.54, 1.807) is 43.7 Å². The third-order valence-electron chi connectivity index (χ3n) is 6.87. The van der Waals surface area contributed by atoms with Gasteiger partial charge in [-0.1, -0.05) is 47.7 Å². The Kier molecular flexibility index (Phi) is 9.81. The number of para-hydroxylation sites is 1. The van der Waals surface area contributed by atoms with Crippen LogP contribution in [0.5, 0.6) is 23.0 Å². The lowest BCUT2D eigenvalue weighted by Crippen LogP contribution is -2.39. The molecule has 5 rings (SSSR count). The fraction of sp³-hybridized carbons (Fsp3) is 0.265. The number of esters is 1. The number of carbonyl (C=O) groups is 1. The molecule has 3 aromatic carbocycles. The van der Waals surface area contributed by atoms with Crippen LogP contribution in [0.4, 0.5) is 0 Å². The number of carbonyl (C=O) groups excluding carboxylic acids is 1. The number of fused-ring (bicyclic) bond motifs is 1. The van der Waals surface area contributed by atoms with Crippen LogP contribution in [0.15, 0.2) is 93.9 Å². The Morgan fingerprint density at radius 3 is 2.36 bits per heavy atom. The van der Waals surface area contributed by atoms with Gasteiger partial charge in [0.25, 0.3) is 5.56 Å². The number of aromatic nitrogens is 1. The van der Waals surface area contributed by atoms with Crippen molar-refractivity contribution < 1.29 is 28.5 Å². The minimum absolute atomic E-state index is 0.206. The number of methoxy groups -OCH3 is 1. The molecule has 1 atom stereocenters. The molecule has 228 valence electrons. The van der Waals surface area contributed by atoms with Crippen LogP contribution in [0.25, 0.3) is 6.08 Å². The maximum absolute atomic E-state index is 13.9. The summed E-state index contributed by atoms with van der Waals surface area (Å²) in [6, 6.07) is 21.7. The summed E-state index contributed by atoms with van der Waals surface area (Å²) in [4.78, 5) is 32.2. The van der Waals surface area contributed by atoms with Gasteiger partial charge in [-0.3, -0.25) is 9.36 Å². The molecule has 0 aliphatic carbocycles. The second-order valence-corrected chi connectivity index (χ2v) is 10.7. The van der Waals surface area contributed by atoms with Crippen LogP contribution in [0, 0.1) is 0 Å². The predicted molar refractivity (Wildman–Crippen MR) is 168 cm³/mol. The topological polar surface area (TPSA) is 97.6 Å². The van der Waals surface area contributed by atoms with Crippen LogP contribution in [-0.2, 0) is 9.53 Å². The quantitative estimate of drug-likeness (QED) is 0.169. The summed E-state index contributed by atoms with van der Waals surface area (Å²) in [5, 5.41) is 0. The molecule has 0 bridgehead atoms. The van der Waals surface area contributed by atoms with Crippen LogP contribution < -0.4 is 33.8 Å². The minimum atomic E-state index is -0.703. The number of nitrogens with zero attached hydrogens (tertiary/aromatic N) is 2.